The number of aromatic nitrogens is 1. The maximum Gasteiger partial charge on any atom is 0.203 e. The average Bonchev–Trinajstić information content (AvgIpc) is 3.28. The lowest BCUT2D eigenvalue weighted by atomic mass is 10.1. The van der Waals surface area contributed by atoms with Crippen molar-refractivity contribution in [3.8, 4) is 23.1 Å². The average molecular weight is 489 g/mol. The van der Waals surface area contributed by atoms with Gasteiger partial charge < -0.3 is 4.74 Å². The summed E-state index contributed by atoms with van der Waals surface area (Å²) >= 11 is 5.04. The molecule has 31 heavy (non-hydrogen) atoms. The summed E-state index contributed by atoms with van der Waals surface area (Å²) < 4.78 is 6.68. The molecule has 4 rings (SSSR count). The molecule has 0 saturated carbocycles. The first-order chi connectivity index (χ1) is 15.2. The van der Waals surface area contributed by atoms with Crippen LogP contribution in [0.2, 0.25) is 0 Å². The Kier molecular flexibility index (Phi) is 6.72. The first-order valence-electron chi connectivity index (χ1n) is 9.43. The van der Waals surface area contributed by atoms with Crippen LogP contribution in [0.3, 0.4) is 0 Å². The lowest BCUT2D eigenvalue weighted by molar-refractivity contribution is 0.304. The number of nitriles is 1. The van der Waals surface area contributed by atoms with Crippen LogP contribution in [0.5, 0.6) is 5.75 Å². The van der Waals surface area contributed by atoms with E-state index in [9.17, 15) is 5.26 Å². The number of ether oxygens (including phenoxy) is 1. The fraction of sp³-hybridized carbons (Fsp3) is 0.0417. The highest BCUT2D eigenvalue weighted by molar-refractivity contribution is 9.10. The number of hydrogen-bond donors (Lipinski definition) is 1. The molecule has 0 bridgehead atoms. The topological polar surface area (TPSA) is 70.3 Å². The highest BCUT2D eigenvalue weighted by Crippen LogP contribution is 2.27. The van der Waals surface area contributed by atoms with Crippen molar-refractivity contribution in [3.63, 3.8) is 0 Å². The van der Waals surface area contributed by atoms with Crippen LogP contribution < -0.4 is 10.2 Å². The maximum absolute atomic E-state index is 9.19. The quantitative estimate of drug-likeness (QED) is 0.239. The van der Waals surface area contributed by atoms with Crippen LogP contribution in [0.1, 0.15) is 16.7 Å². The third-order valence-electron chi connectivity index (χ3n) is 4.42. The van der Waals surface area contributed by atoms with Gasteiger partial charge in [0, 0.05) is 16.5 Å². The van der Waals surface area contributed by atoms with Gasteiger partial charge in [-0.3, -0.25) is 5.43 Å². The van der Waals surface area contributed by atoms with E-state index in [2.05, 4.69) is 37.5 Å². The molecule has 1 heterocycles. The second-order valence-corrected chi connectivity index (χ2v) is 8.23. The van der Waals surface area contributed by atoms with Gasteiger partial charge in [-0.1, -0.05) is 48.5 Å². The number of anilines is 1. The van der Waals surface area contributed by atoms with Crippen molar-refractivity contribution in [1.82, 2.24) is 4.98 Å². The first kappa shape index (κ1) is 20.8. The van der Waals surface area contributed by atoms with Crippen LogP contribution in [0, 0.1) is 11.3 Å². The second kappa shape index (κ2) is 10.0. The van der Waals surface area contributed by atoms with E-state index in [4.69, 9.17) is 4.74 Å². The number of halogens is 1. The Morgan fingerprint density at radius 1 is 1.10 bits per heavy atom. The molecule has 152 valence electrons. The Hall–Kier alpha value is -3.47. The Bertz CT molecular complexity index is 1250. The molecule has 0 aliphatic heterocycles. The smallest absolute Gasteiger partial charge is 0.203 e. The van der Waals surface area contributed by atoms with Gasteiger partial charge in [0.05, 0.1) is 28.0 Å². The van der Waals surface area contributed by atoms with Gasteiger partial charge in [-0.2, -0.15) is 10.4 Å². The Labute approximate surface area is 192 Å². The van der Waals surface area contributed by atoms with E-state index in [1.807, 2.05) is 72.1 Å². The Morgan fingerprint density at radius 3 is 2.71 bits per heavy atom. The summed E-state index contributed by atoms with van der Waals surface area (Å²) in [4.78, 5) is 4.55. The molecule has 7 heteroatoms. The molecule has 0 fully saturated rings. The highest BCUT2D eigenvalue weighted by atomic mass is 79.9. The van der Waals surface area contributed by atoms with Crippen LogP contribution >= 0.6 is 27.3 Å². The van der Waals surface area contributed by atoms with Gasteiger partial charge >= 0.3 is 0 Å². The van der Waals surface area contributed by atoms with Crippen molar-refractivity contribution in [3.05, 3.63) is 99.3 Å². The van der Waals surface area contributed by atoms with E-state index in [1.165, 1.54) is 11.3 Å². The fourth-order valence-corrected chi connectivity index (χ4v) is 4.03. The second-order valence-electron chi connectivity index (χ2n) is 6.52. The number of rotatable bonds is 7. The summed E-state index contributed by atoms with van der Waals surface area (Å²) in [6.45, 7) is 0.325. The molecule has 5 nitrogen and oxygen atoms in total. The molecule has 0 aliphatic carbocycles. The lowest BCUT2D eigenvalue weighted by Gasteiger charge is -2.09. The van der Waals surface area contributed by atoms with Crippen LogP contribution in [0.15, 0.2) is 87.8 Å². The summed E-state index contributed by atoms with van der Waals surface area (Å²) in [7, 11) is 0. The number of benzene rings is 3. The summed E-state index contributed by atoms with van der Waals surface area (Å²) in [5.41, 5.74) is 7.35. The van der Waals surface area contributed by atoms with Gasteiger partial charge in [-0.25, -0.2) is 4.98 Å². The van der Waals surface area contributed by atoms with Crippen LogP contribution in [-0.2, 0) is 6.61 Å². The largest absolute Gasteiger partial charge is 0.488 e. The molecule has 0 unspecified atom stereocenters. The predicted octanol–water partition coefficient (Wildman–Crippen LogP) is 6.47. The molecule has 1 aromatic heterocycles. The van der Waals surface area contributed by atoms with E-state index in [1.54, 1.807) is 12.3 Å². The maximum atomic E-state index is 9.19. The standard InChI is InChI=1S/C24H17BrN4OS/c25-21-12-17(10-11-23(21)30-15-20-9-5-4-8-19(20)13-26)14-27-29-24-28-22(16-31-24)18-6-2-1-3-7-18/h1-12,14,16H,15H2,(H,28,29). The van der Waals surface area contributed by atoms with E-state index in [0.717, 1.165) is 32.0 Å². The van der Waals surface area contributed by atoms with Crippen molar-refractivity contribution in [1.29, 1.82) is 5.26 Å². The van der Waals surface area contributed by atoms with Crippen LogP contribution in [0.25, 0.3) is 11.3 Å². The van der Waals surface area contributed by atoms with E-state index in [-0.39, 0.29) is 0 Å². The molecule has 0 amide bonds. The van der Waals surface area contributed by atoms with Crippen LogP contribution in [0.4, 0.5) is 5.13 Å². The van der Waals surface area contributed by atoms with Gasteiger partial charge in [0.15, 0.2) is 0 Å². The van der Waals surface area contributed by atoms with Crippen molar-refractivity contribution in [2.24, 2.45) is 5.10 Å². The van der Waals surface area contributed by atoms with Gasteiger partial charge in [-0.15, -0.1) is 11.3 Å². The molecule has 0 saturated heterocycles. The molecule has 1 N–H and O–H groups in total. The molecule has 0 radical (unpaired) electrons. The third kappa shape index (κ3) is 5.37. The Morgan fingerprint density at radius 2 is 1.90 bits per heavy atom. The van der Waals surface area contributed by atoms with Crippen LogP contribution in [-0.4, -0.2) is 11.2 Å². The minimum Gasteiger partial charge on any atom is -0.488 e. The van der Waals surface area contributed by atoms with E-state index in [0.29, 0.717) is 17.9 Å². The number of nitrogens with zero attached hydrogens (tertiary/aromatic N) is 3. The number of nitrogens with one attached hydrogen (secondary N) is 1. The minimum absolute atomic E-state index is 0.325. The number of hydrogen-bond acceptors (Lipinski definition) is 6. The minimum atomic E-state index is 0.325. The monoisotopic (exact) mass is 488 g/mol. The first-order valence-corrected chi connectivity index (χ1v) is 11.1. The number of hydrazone groups is 1. The normalized spacial score (nSPS) is 10.7. The van der Waals surface area contributed by atoms with Crippen molar-refractivity contribution >= 4 is 38.6 Å². The summed E-state index contributed by atoms with van der Waals surface area (Å²) in [6, 6.07) is 25.3. The molecule has 0 aliphatic rings. The van der Waals surface area contributed by atoms with E-state index < -0.39 is 0 Å². The third-order valence-corrected chi connectivity index (χ3v) is 5.79. The van der Waals surface area contributed by atoms with Gasteiger partial charge in [0.1, 0.15) is 12.4 Å². The van der Waals surface area contributed by atoms with Crippen molar-refractivity contribution in [2.45, 2.75) is 6.61 Å². The van der Waals surface area contributed by atoms with Gasteiger partial charge in [-0.05, 0) is 45.8 Å². The molecule has 3 aromatic carbocycles. The highest BCUT2D eigenvalue weighted by Gasteiger charge is 2.06. The van der Waals surface area contributed by atoms with Crippen molar-refractivity contribution in [2.75, 3.05) is 5.43 Å². The molecule has 0 spiro atoms. The van der Waals surface area contributed by atoms with Gasteiger partial charge in [0.2, 0.25) is 5.13 Å². The zero-order valence-electron chi connectivity index (χ0n) is 16.3. The summed E-state index contributed by atoms with van der Waals surface area (Å²) in [6.07, 6.45) is 1.73. The summed E-state index contributed by atoms with van der Waals surface area (Å²) in [5, 5.41) is 16.2. The lowest BCUT2D eigenvalue weighted by Crippen LogP contribution is -1.99. The SMILES string of the molecule is N#Cc1ccccc1COc1ccc(C=NNc2nc(-c3ccccc3)cs2)cc1Br. The summed E-state index contributed by atoms with van der Waals surface area (Å²) in [5.74, 6) is 0.699. The fourth-order valence-electron chi connectivity index (χ4n) is 2.85. The zero-order valence-corrected chi connectivity index (χ0v) is 18.7. The number of thiazole rings is 1. The van der Waals surface area contributed by atoms with Gasteiger partial charge in [0.25, 0.3) is 0 Å². The predicted molar refractivity (Wildman–Crippen MR) is 128 cm³/mol. The zero-order chi connectivity index (χ0) is 21.5. The molecular weight excluding hydrogens is 472 g/mol. The Balaban J connectivity index is 1.37. The van der Waals surface area contributed by atoms with E-state index >= 15 is 0 Å². The molecule has 0 atom stereocenters. The molecular formula is C24H17BrN4OS. The van der Waals surface area contributed by atoms with Crippen molar-refractivity contribution < 1.29 is 4.74 Å². The molecule has 4 aromatic rings.